The van der Waals surface area contributed by atoms with Gasteiger partial charge in [0.05, 0.1) is 0 Å². The van der Waals surface area contributed by atoms with Crippen LogP contribution >= 0.6 is 11.6 Å². The van der Waals surface area contributed by atoms with Crippen LogP contribution in [0, 0.1) is 0 Å². The fraction of sp³-hybridized carbons (Fsp3) is 0.286. The third-order valence-corrected chi connectivity index (χ3v) is 2.55. The summed E-state index contributed by atoms with van der Waals surface area (Å²) in [6.45, 7) is 1.93. The van der Waals surface area contributed by atoms with Gasteiger partial charge in [-0.1, -0.05) is 29.8 Å². The van der Waals surface area contributed by atoms with E-state index in [1.165, 1.54) is 6.08 Å². The molecule has 0 aliphatic heterocycles. The maximum Gasteiger partial charge on any atom is 0.330 e. The third kappa shape index (κ3) is 6.62. The fourth-order valence-electron chi connectivity index (χ4n) is 1.37. The molecule has 0 saturated carbocycles. The molecule has 0 saturated heterocycles. The molecule has 0 atom stereocenters. The number of esters is 1. The second-order valence-corrected chi connectivity index (χ2v) is 4.27. The number of allylic oxidation sites excluding steroid dienone is 1. The number of ether oxygens (including phenoxy) is 1. The molecular weight excluding hydrogens is 266 g/mol. The highest BCUT2D eigenvalue weighted by atomic mass is 35.5. The van der Waals surface area contributed by atoms with E-state index in [2.05, 4.69) is 5.32 Å². The highest BCUT2D eigenvalue weighted by Gasteiger charge is 2.04. The molecule has 102 valence electrons. The molecule has 0 unspecified atom stereocenters. The number of carbonyl (C=O) groups is 2. The molecule has 19 heavy (non-hydrogen) atoms. The Labute approximate surface area is 117 Å². The molecule has 0 aromatic heterocycles. The molecule has 0 spiro atoms. The standard InChI is InChI=1S/C14H16ClNO3/c1-2-3-14(18)19-10-13(17)16-9-8-11-4-6-12(15)7-5-11/h2-7H,8-10H2,1H3,(H,16,17). The highest BCUT2D eigenvalue weighted by Crippen LogP contribution is 2.09. The topological polar surface area (TPSA) is 55.4 Å². The van der Waals surface area contributed by atoms with Crippen LogP contribution in [0.2, 0.25) is 5.02 Å². The van der Waals surface area contributed by atoms with Crippen molar-refractivity contribution in [1.29, 1.82) is 0 Å². The predicted molar refractivity (Wildman–Crippen MR) is 73.9 cm³/mol. The summed E-state index contributed by atoms with van der Waals surface area (Å²) in [7, 11) is 0. The summed E-state index contributed by atoms with van der Waals surface area (Å²) in [5, 5.41) is 3.35. The van der Waals surface area contributed by atoms with E-state index in [1.807, 2.05) is 12.1 Å². The van der Waals surface area contributed by atoms with Crippen LogP contribution in [0.25, 0.3) is 0 Å². The van der Waals surface area contributed by atoms with Crippen LogP contribution < -0.4 is 5.32 Å². The summed E-state index contributed by atoms with van der Waals surface area (Å²) in [5.41, 5.74) is 1.08. The minimum atomic E-state index is -0.518. The van der Waals surface area contributed by atoms with Gasteiger partial charge in [0.25, 0.3) is 5.91 Å². The lowest BCUT2D eigenvalue weighted by Gasteiger charge is -2.05. The van der Waals surface area contributed by atoms with E-state index in [1.54, 1.807) is 25.1 Å². The lowest BCUT2D eigenvalue weighted by Crippen LogP contribution is -2.30. The van der Waals surface area contributed by atoms with Crippen molar-refractivity contribution in [1.82, 2.24) is 5.32 Å². The lowest BCUT2D eigenvalue weighted by atomic mass is 10.1. The molecule has 0 aliphatic rings. The van der Waals surface area contributed by atoms with E-state index >= 15 is 0 Å². The van der Waals surface area contributed by atoms with Crippen molar-refractivity contribution in [3.8, 4) is 0 Å². The maximum absolute atomic E-state index is 11.4. The van der Waals surface area contributed by atoms with E-state index in [9.17, 15) is 9.59 Å². The Morgan fingerprint density at radius 2 is 2.00 bits per heavy atom. The smallest absolute Gasteiger partial charge is 0.330 e. The molecule has 1 amide bonds. The minimum absolute atomic E-state index is 0.260. The number of halogens is 1. The van der Waals surface area contributed by atoms with Crippen molar-refractivity contribution in [2.75, 3.05) is 13.2 Å². The Morgan fingerprint density at radius 1 is 1.32 bits per heavy atom. The lowest BCUT2D eigenvalue weighted by molar-refractivity contribution is -0.143. The van der Waals surface area contributed by atoms with Crippen LogP contribution in [0.4, 0.5) is 0 Å². The van der Waals surface area contributed by atoms with Crippen LogP contribution in [-0.2, 0) is 20.7 Å². The Hall–Kier alpha value is -1.81. The van der Waals surface area contributed by atoms with Crippen molar-refractivity contribution in [2.45, 2.75) is 13.3 Å². The van der Waals surface area contributed by atoms with Gasteiger partial charge in [-0.15, -0.1) is 0 Å². The molecule has 0 heterocycles. The number of rotatable bonds is 6. The van der Waals surface area contributed by atoms with Gasteiger partial charge in [-0.3, -0.25) is 4.79 Å². The van der Waals surface area contributed by atoms with Gasteiger partial charge >= 0.3 is 5.97 Å². The molecule has 1 aromatic rings. The Kier molecular flexibility index (Phi) is 6.68. The Balaban J connectivity index is 2.20. The summed E-state index contributed by atoms with van der Waals surface area (Å²) >= 11 is 5.77. The van der Waals surface area contributed by atoms with Gasteiger partial charge in [-0.05, 0) is 31.0 Å². The Morgan fingerprint density at radius 3 is 2.63 bits per heavy atom. The molecule has 0 aliphatic carbocycles. The number of nitrogens with one attached hydrogen (secondary N) is 1. The molecule has 4 nitrogen and oxygen atoms in total. The zero-order chi connectivity index (χ0) is 14.1. The molecule has 0 radical (unpaired) electrons. The number of benzene rings is 1. The monoisotopic (exact) mass is 281 g/mol. The van der Waals surface area contributed by atoms with E-state index in [-0.39, 0.29) is 12.5 Å². The van der Waals surface area contributed by atoms with Crippen LogP contribution in [-0.4, -0.2) is 25.0 Å². The van der Waals surface area contributed by atoms with E-state index < -0.39 is 5.97 Å². The average molecular weight is 282 g/mol. The van der Waals surface area contributed by atoms with Crippen LogP contribution in [0.15, 0.2) is 36.4 Å². The second-order valence-electron chi connectivity index (χ2n) is 3.83. The first-order chi connectivity index (χ1) is 9.11. The largest absolute Gasteiger partial charge is 0.452 e. The average Bonchev–Trinajstić information content (AvgIpc) is 2.39. The maximum atomic E-state index is 11.4. The molecule has 1 aromatic carbocycles. The zero-order valence-electron chi connectivity index (χ0n) is 10.7. The van der Waals surface area contributed by atoms with Gasteiger partial charge in [-0.25, -0.2) is 4.79 Å². The summed E-state index contributed by atoms with van der Waals surface area (Å²) in [4.78, 5) is 22.3. The van der Waals surface area contributed by atoms with Gasteiger partial charge in [0.1, 0.15) is 0 Å². The first kappa shape index (κ1) is 15.2. The van der Waals surface area contributed by atoms with Crippen LogP contribution in [0.5, 0.6) is 0 Å². The van der Waals surface area contributed by atoms with Crippen molar-refractivity contribution in [3.63, 3.8) is 0 Å². The van der Waals surface area contributed by atoms with E-state index in [0.717, 1.165) is 5.56 Å². The number of amides is 1. The fourth-order valence-corrected chi connectivity index (χ4v) is 1.50. The van der Waals surface area contributed by atoms with Crippen LogP contribution in [0.3, 0.4) is 0 Å². The van der Waals surface area contributed by atoms with Gasteiger partial charge in [0.15, 0.2) is 6.61 Å². The zero-order valence-corrected chi connectivity index (χ0v) is 11.4. The summed E-state index contributed by atoms with van der Waals surface area (Å²) in [6.07, 6.45) is 3.52. The van der Waals surface area contributed by atoms with Gasteiger partial charge < -0.3 is 10.1 Å². The summed E-state index contributed by atoms with van der Waals surface area (Å²) in [6, 6.07) is 7.41. The molecule has 1 rings (SSSR count). The normalized spacial score (nSPS) is 10.4. The number of carbonyl (C=O) groups excluding carboxylic acids is 2. The third-order valence-electron chi connectivity index (χ3n) is 2.30. The first-order valence-electron chi connectivity index (χ1n) is 5.92. The van der Waals surface area contributed by atoms with Gasteiger partial charge in [0, 0.05) is 17.6 Å². The van der Waals surface area contributed by atoms with Crippen molar-refractivity contribution in [2.24, 2.45) is 0 Å². The van der Waals surface area contributed by atoms with E-state index in [4.69, 9.17) is 16.3 Å². The van der Waals surface area contributed by atoms with Gasteiger partial charge in [-0.2, -0.15) is 0 Å². The van der Waals surface area contributed by atoms with Crippen molar-refractivity contribution < 1.29 is 14.3 Å². The highest BCUT2D eigenvalue weighted by molar-refractivity contribution is 6.30. The van der Waals surface area contributed by atoms with Crippen molar-refractivity contribution in [3.05, 3.63) is 47.0 Å². The van der Waals surface area contributed by atoms with Gasteiger partial charge in [0.2, 0.25) is 0 Å². The minimum Gasteiger partial charge on any atom is -0.452 e. The van der Waals surface area contributed by atoms with Crippen LogP contribution in [0.1, 0.15) is 12.5 Å². The SMILES string of the molecule is CC=CC(=O)OCC(=O)NCCc1ccc(Cl)cc1. The van der Waals surface area contributed by atoms with Crippen molar-refractivity contribution >= 4 is 23.5 Å². The summed E-state index contributed by atoms with van der Waals surface area (Å²) in [5.74, 6) is -0.831. The number of hydrogen-bond donors (Lipinski definition) is 1. The molecule has 1 N–H and O–H groups in total. The molecule has 0 bridgehead atoms. The summed E-state index contributed by atoms with van der Waals surface area (Å²) < 4.78 is 4.71. The second kappa shape index (κ2) is 8.32. The quantitative estimate of drug-likeness (QED) is 0.642. The molecular formula is C14H16ClNO3. The first-order valence-corrected chi connectivity index (χ1v) is 6.30. The van der Waals surface area contributed by atoms with E-state index in [0.29, 0.717) is 18.0 Å². The molecule has 0 fully saturated rings. The molecule has 5 heteroatoms. The Bertz CT molecular complexity index is 454. The predicted octanol–water partition coefficient (Wildman–Crippen LogP) is 2.12. The number of hydrogen-bond acceptors (Lipinski definition) is 3.